The van der Waals surface area contributed by atoms with E-state index >= 15 is 0 Å². The Kier molecular flexibility index (Phi) is 5.35. The smallest absolute Gasteiger partial charge is 0.0949 e. The lowest BCUT2D eigenvalue weighted by molar-refractivity contribution is 0.548. The SMILES string of the molecule is CCNC(Cc1nc(C)c(C)s1)c1ccc(C)c(Br)c1. The maximum atomic E-state index is 4.66. The van der Waals surface area contributed by atoms with Crippen molar-refractivity contribution in [2.45, 2.75) is 40.2 Å². The molecular formula is C16H21BrN2S. The Hall–Kier alpha value is -0.710. The van der Waals surface area contributed by atoms with Gasteiger partial charge in [0, 0.05) is 21.8 Å². The van der Waals surface area contributed by atoms with Gasteiger partial charge in [0.05, 0.1) is 10.7 Å². The number of aryl methyl sites for hydroxylation is 3. The van der Waals surface area contributed by atoms with E-state index in [1.165, 1.54) is 25.5 Å². The summed E-state index contributed by atoms with van der Waals surface area (Å²) in [5, 5.41) is 4.78. The largest absolute Gasteiger partial charge is 0.310 e. The summed E-state index contributed by atoms with van der Waals surface area (Å²) in [6, 6.07) is 6.92. The number of thiazole rings is 1. The summed E-state index contributed by atoms with van der Waals surface area (Å²) in [4.78, 5) is 5.98. The van der Waals surface area contributed by atoms with Gasteiger partial charge in [0.15, 0.2) is 0 Å². The van der Waals surface area contributed by atoms with Crippen LogP contribution in [0.2, 0.25) is 0 Å². The van der Waals surface area contributed by atoms with Crippen molar-refractivity contribution in [2.75, 3.05) is 6.54 Å². The number of hydrogen-bond acceptors (Lipinski definition) is 3. The van der Waals surface area contributed by atoms with Crippen LogP contribution in [0, 0.1) is 20.8 Å². The van der Waals surface area contributed by atoms with Crippen molar-refractivity contribution in [3.8, 4) is 0 Å². The summed E-state index contributed by atoms with van der Waals surface area (Å²) in [5.41, 5.74) is 3.74. The van der Waals surface area contributed by atoms with Crippen LogP contribution in [-0.4, -0.2) is 11.5 Å². The first-order chi connectivity index (χ1) is 9.51. The van der Waals surface area contributed by atoms with Gasteiger partial charge in [0.1, 0.15) is 0 Å². The molecule has 1 aromatic carbocycles. The summed E-state index contributed by atoms with van der Waals surface area (Å²) in [7, 11) is 0. The first-order valence-corrected chi connectivity index (χ1v) is 8.54. The fourth-order valence-electron chi connectivity index (χ4n) is 2.18. The highest BCUT2D eigenvalue weighted by molar-refractivity contribution is 9.10. The first kappa shape index (κ1) is 15.7. The van der Waals surface area contributed by atoms with Crippen molar-refractivity contribution in [2.24, 2.45) is 0 Å². The number of nitrogens with zero attached hydrogens (tertiary/aromatic N) is 1. The van der Waals surface area contributed by atoms with Gasteiger partial charge in [-0.25, -0.2) is 4.98 Å². The molecular weight excluding hydrogens is 332 g/mol. The maximum Gasteiger partial charge on any atom is 0.0949 e. The van der Waals surface area contributed by atoms with Gasteiger partial charge in [-0.2, -0.15) is 0 Å². The third-order valence-corrected chi connectivity index (χ3v) is 5.45. The van der Waals surface area contributed by atoms with E-state index in [9.17, 15) is 0 Å². The van der Waals surface area contributed by atoms with Gasteiger partial charge in [0.2, 0.25) is 0 Å². The second-order valence-electron chi connectivity index (χ2n) is 5.07. The van der Waals surface area contributed by atoms with Crippen molar-refractivity contribution >= 4 is 27.3 Å². The van der Waals surface area contributed by atoms with E-state index in [0.29, 0.717) is 6.04 Å². The number of hydrogen-bond donors (Lipinski definition) is 1. The van der Waals surface area contributed by atoms with E-state index in [2.05, 4.69) is 72.1 Å². The topological polar surface area (TPSA) is 24.9 Å². The zero-order valence-corrected chi connectivity index (χ0v) is 14.9. The maximum absolute atomic E-state index is 4.66. The van der Waals surface area contributed by atoms with Crippen LogP contribution in [0.4, 0.5) is 0 Å². The van der Waals surface area contributed by atoms with Gasteiger partial charge in [-0.1, -0.05) is 35.0 Å². The van der Waals surface area contributed by atoms with Gasteiger partial charge < -0.3 is 5.32 Å². The van der Waals surface area contributed by atoms with Gasteiger partial charge in [-0.05, 0) is 44.5 Å². The molecule has 108 valence electrons. The second kappa shape index (κ2) is 6.83. The standard InChI is InChI=1S/C16H21BrN2S/c1-5-18-15(9-16-19-11(3)12(4)20-16)13-7-6-10(2)14(17)8-13/h6-8,15,18H,5,9H2,1-4H3. The first-order valence-electron chi connectivity index (χ1n) is 6.93. The van der Waals surface area contributed by atoms with E-state index in [4.69, 9.17) is 0 Å². The molecule has 0 aliphatic rings. The molecule has 0 aliphatic carbocycles. The molecule has 2 rings (SSSR count). The van der Waals surface area contributed by atoms with Crippen LogP contribution < -0.4 is 5.32 Å². The highest BCUT2D eigenvalue weighted by Gasteiger charge is 2.15. The molecule has 1 unspecified atom stereocenters. The summed E-state index contributed by atoms with van der Waals surface area (Å²) in [6.07, 6.45) is 0.947. The van der Waals surface area contributed by atoms with Crippen LogP contribution in [0.1, 0.15) is 39.7 Å². The van der Waals surface area contributed by atoms with Crippen molar-refractivity contribution in [3.63, 3.8) is 0 Å². The predicted molar refractivity (Wildman–Crippen MR) is 90.6 cm³/mol. The molecule has 1 heterocycles. The van der Waals surface area contributed by atoms with Gasteiger partial charge >= 0.3 is 0 Å². The van der Waals surface area contributed by atoms with Crippen LogP contribution in [-0.2, 0) is 6.42 Å². The quantitative estimate of drug-likeness (QED) is 0.841. The lowest BCUT2D eigenvalue weighted by Crippen LogP contribution is -2.23. The van der Waals surface area contributed by atoms with Crippen LogP contribution in [0.5, 0.6) is 0 Å². The van der Waals surface area contributed by atoms with Crippen LogP contribution in [0.25, 0.3) is 0 Å². The molecule has 0 bridgehead atoms. The van der Waals surface area contributed by atoms with Crippen LogP contribution in [0.3, 0.4) is 0 Å². The van der Waals surface area contributed by atoms with E-state index < -0.39 is 0 Å². The minimum absolute atomic E-state index is 0.321. The minimum atomic E-state index is 0.321. The summed E-state index contributed by atoms with van der Waals surface area (Å²) in [6.45, 7) is 9.44. The van der Waals surface area contributed by atoms with Crippen LogP contribution >= 0.6 is 27.3 Å². The fraction of sp³-hybridized carbons (Fsp3) is 0.438. The number of halogens is 1. The third kappa shape index (κ3) is 3.68. The zero-order valence-electron chi connectivity index (χ0n) is 12.5. The molecule has 2 aromatic rings. The summed E-state index contributed by atoms with van der Waals surface area (Å²) >= 11 is 5.43. The van der Waals surface area contributed by atoms with E-state index in [1.54, 1.807) is 0 Å². The average Bonchev–Trinajstić information content (AvgIpc) is 2.71. The van der Waals surface area contributed by atoms with Crippen molar-refractivity contribution in [3.05, 3.63) is 49.4 Å². The molecule has 4 heteroatoms. The Balaban J connectivity index is 2.23. The molecule has 0 spiro atoms. The monoisotopic (exact) mass is 352 g/mol. The Bertz CT molecular complexity index is 573. The summed E-state index contributed by atoms with van der Waals surface area (Å²) < 4.78 is 1.17. The Morgan fingerprint density at radius 1 is 1.30 bits per heavy atom. The molecule has 2 nitrogen and oxygen atoms in total. The molecule has 0 aliphatic heterocycles. The minimum Gasteiger partial charge on any atom is -0.310 e. The Morgan fingerprint density at radius 3 is 2.60 bits per heavy atom. The van der Waals surface area contributed by atoms with E-state index in [1.807, 2.05) is 11.3 Å². The molecule has 0 amide bonds. The van der Waals surface area contributed by atoms with Gasteiger partial charge in [-0.3, -0.25) is 0 Å². The number of benzene rings is 1. The van der Waals surface area contributed by atoms with Gasteiger partial charge in [0.25, 0.3) is 0 Å². The highest BCUT2D eigenvalue weighted by atomic mass is 79.9. The fourth-order valence-corrected chi connectivity index (χ4v) is 3.56. The summed E-state index contributed by atoms with van der Waals surface area (Å²) in [5.74, 6) is 0. The number of rotatable bonds is 5. The number of likely N-dealkylation sites (N-methyl/N-ethyl adjacent to an activating group) is 1. The predicted octanol–water partition coefficient (Wildman–Crippen LogP) is 4.72. The highest BCUT2D eigenvalue weighted by Crippen LogP contribution is 2.26. The van der Waals surface area contributed by atoms with Crippen molar-refractivity contribution < 1.29 is 0 Å². The van der Waals surface area contributed by atoms with E-state index in [-0.39, 0.29) is 0 Å². The van der Waals surface area contributed by atoms with Crippen molar-refractivity contribution in [1.82, 2.24) is 10.3 Å². The third-order valence-electron chi connectivity index (χ3n) is 3.50. The molecule has 0 saturated carbocycles. The normalized spacial score (nSPS) is 12.7. The number of aromatic nitrogens is 1. The number of nitrogens with one attached hydrogen (secondary N) is 1. The molecule has 20 heavy (non-hydrogen) atoms. The molecule has 1 aromatic heterocycles. The molecule has 1 N–H and O–H groups in total. The van der Waals surface area contributed by atoms with Crippen molar-refractivity contribution in [1.29, 1.82) is 0 Å². The zero-order chi connectivity index (χ0) is 14.7. The van der Waals surface area contributed by atoms with Crippen LogP contribution in [0.15, 0.2) is 22.7 Å². The second-order valence-corrected chi connectivity index (χ2v) is 7.21. The lowest BCUT2D eigenvalue weighted by atomic mass is 10.0. The Labute approximate surface area is 133 Å². The Morgan fingerprint density at radius 2 is 2.05 bits per heavy atom. The lowest BCUT2D eigenvalue weighted by Gasteiger charge is -2.18. The molecule has 1 atom stereocenters. The average molecular weight is 353 g/mol. The van der Waals surface area contributed by atoms with E-state index in [0.717, 1.165) is 18.7 Å². The molecule has 0 saturated heterocycles. The van der Waals surface area contributed by atoms with Gasteiger partial charge in [-0.15, -0.1) is 11.3 Å². The molecule has 0 fully saturated rings. The molecule has 0 radical (unpaired) electrons.